The van der Waals surface area contributed by atoms with Gasteiger partial charge in [-0.2, -0.15) is 0 Å². The van der Waals surface area contributed by atoms with Gasteiger partial charge >= 0.3 is 12.1 Å². The fourth-order valence-electron chi connectivity index (χ4n) is 3.82. The van der Waals surface area contributed by atoms with Gasteiger partial charge in [0.25, 0.3) is 0 Å². The van der Waals surface area contributed by atoms with Crippen LogP contribution >= 0.6 is 0 Å². The number of anilines is 2. The monoisotopic (exact) mass is 475 g/mol. The van der Waals surface area contributed by atoms with Gasteiger partial charge < -0.3 is 5.32 Å². The summed E-state index contributed by atoms with van der Waals surface area (Å²) < 4.78 is 0. The molecular formula is C31H29N3O2. The second-order valence-electron chi connectivity index (χ2n) is 8.53. The van der Waals surface area contributed by atoms with Crippen molar-refractivity contribution in [1.29, 1.82) is 0 Å². The van der Waals surface area contributed by atoms with Gasteiger partial charge in [0.1, 0.15) is 0 Å². The van der Waals surface area contributed by atoms with Crippen molar-refractivity contribution >= 4 is 29.0 Å². The predicted octanol–water partition coefficient (Wildman–Crippen LogP) is 7.64. The summed E-state index contributed by atoms with van der Waals surface area (Å²) in [4.78, 5) is 30.3. The summed E-state index contributed by atoms with van der Waals surface area (Å²) >= 11 is 0. The molecule has 0 saturated carbocycles. The van der Waals surface area contributed by atoms with Crippen LogP contribution in [0.1, 0.15) is 25.0 Å². The van der Waals surface area contributed by atoms with E-state index in [0.717, 1.165) is 16.7 Å². The SMILES string of the molecule is CC(C)N(C=C(c1ccccc1)c1ccccc1)C(=O)N(C(=O)Nc1ccccc1)c1ccccc1. The van der Waals surface area contributed by atoms with E-state index in [-0.39, 0.29) is 6.04 Å². The number of hydrogen-bond donors (Lipinski definition) is 1. The minimum atomic E-state index is -0.530. The molecule has 0 unspecified atom stereocenters. The second-order valence-corrected chi connectivity index (χ2v) is 8.53. The fraction of sp³-hybridized carbons (Fsp3) is 0.0968. The number of amides is 4. The highest BCUT2D eigenvalue weighted by Crippen LogP contribution is 2.26. The average molecular weight is 476 g/mol. The van der Waals surface area contributed by atoms with Crippen LogP contribution in [-0.2, 0) is 0 Å². The highest BCUT2D eigenvalue weighted by Gasteiger charge is 2.29. The Kier molecular flexibility index (Phi) is 7.94. The highest BCUT2D eigenvalue weighted by molar-refractivity contribution is 6.18. The molecule has 0 atom stereocenters. The molecule has 0 aliphatic heterocycles. The Bertz CT molecular complexity index is 1260. The van der Waals surface area contributed by atoms with Gasteiger partial charge in [0, 0.05) is 23.5 Å². The Labute approximate surface area is 212 Å². The molecule has 0 aliphatic rings. The first-order chi connectivity index (χ1) is 17.5. The second kappa shape index (κ2) is 11.7. The molecule has 0 spiro atoms. The number of hydrogen-bond acceptors (Lipinski definition) is 2. The molecule has 5 nitrogen and oxygen atoms in total. The molecule has 0 saturated heterocycles. The third-order valence-corrected chi connectivity index (χ3v) is 5.65. The van der Waals surface area contributed by atoms with Crippen molar-refractivity contribution in [2.24, 2.45) is 0 Å². The molecule has 4 aromatic rings. The normalized spacial score (nSPS) is 10.4. The lowest BCUT2D eigenvalue weighted by molar-refractivity contribution is 0.211. The highest BCUT2D eigenvalue weighted by atomic mass is 16.2. The van der Waals surface area contributed by atoms with Crippen LogP contribution < -0.4 is 10.2 Å². The number of carbonyl (C=O) groups is 2. The molecule has 4 amide bonds. The number of benzene rings is 4. The lowest BCUT2D eigenvalue weighted by atomic mass is 9.98. The van der Waals surface area contributed by atoms with Crippen molar-refractivity contribution in [2.75, 3.05) is 10.2 Å². The largest absolute Gasteiger partial charge is 0.337 e. The summed E-state index contributed by atoms with van der Waals surface area (Å²) in [5.41, 5.74) is 3.92. The summed E-state index contributed by atoms with van der Waals surface area (Å²) in [6.45, 7) is 3.86. The maximum atomic E-state index is 14.1. The zero-order valence-corrected chi connectivity index (χ0v) is 20.4. The molecule has 5 heteroatoms. The molecule has 4 aromatic carbocycles. The first-order valence-corrected chi connectivity index (χ1v) is 11.9. The van der Waals surface area contributed by atoms with E-state index in [1.165, 1.54) is 4.90 Å². The van der Waals surface area contributed by atoms with Gasteiger partial charge in [-0.3, -0.25) is 4.90 Å². The topological polar surface area (TPSA) is 52.7 Å². The van der Waals surface area contributed by atoms with Gasteiger partial charge in [-0.05, 0) is 49.2 Å². The van der Waals surface area contributed by atoms with Gasteiger partial charge in [0.15, 0.2) is 0 Å². The number of imide groups is 1. The van der Waals surface area contributed by atoms with Crippen LogP contribution in [0.4, 0.5) is 21.0 Å². The molecule has 4 rings (SSSR count). The Morgan fingerprint density at radius 2 is 1.11 bits per heavy atom. The van der Waals surface area contributed by atoms with Crippen LogP contribution in [0.2, 0.25) is 0 Å². The van der Waals surface area contributed by atoms with E-state index in [0.29, 0.717) is 11.4 Å². The summed E-state index contributed by atoms with van der Waals surface area (Å²) in [6, 6.07) is 36.7. The average Bonchev–Trinajstić information content (AvgIpc) is 2.91. The van der Waals surface area contributed by atoms with E-state index in [1.54, 1.807) is 41.3 Å². The molecule has 0 aliphatic carbocycles. The van der Waals surface area contributed by atoms with Crippen molar-refractivity contribution in [1.82, 2.24) is 4.90 Å². The maximum Gasteiger partial charge on any atom is 0.337 e. The van der Waals surface area contributed by atoms with E-state index in [2.05, 4.69) is 5.32 Å². The molecule has 0 heterocycles. The molecule has 36 heavy (non-hydrogen) atoms. The van der Waals surface area contributed by atoms with Crippen LogP contribution in [0.15, 0.2) is 128 Å². The van der Waals surface area contributed by atoms with Crippen LogP contribution in [0, 0.1) is 0 Å². The quantitative estimate of drug-likeness (QED) is 0.311. The zero-order valence-electron chi connectivity index (χ0n) is 20.4. The van der Waals surface area contributed by atoms with Gasteiger partial charge in [-0.25, -0.2) is 14.5 Å². The third-order valence-electron chi connectivity index (χ3n) is 5.65. The van der Waals surface area contributed by atoms with Gasteiger partial charge in [0.2, 0.25) is 0 Å². The van der Waals surface area contributed by atoms with Crippen LogP contribution in [-0.4, -0.2) is 23.0 Å². The molecule has 1 N–H and O–H groups in total. The maximum absolute atomic E-state index is 14.1. The van der Waals surface area contributed by atoms with E-state index >= 15 is 0 Å². The summed E-state index contributed by atoms with van der Waals surface area (Å²) in [5.74, 6) is 0. The summed E-state index contributed by atoms with van der Waals surface area (Å²) in [5, 5.41) is 2.85. The van der Waals surface area contributed by atoms with Crippen molar-refractivity contribution in [3.63, 3.8) is 0 Å². The third kappa shape index (κ3) is 5.88. The van der Waals surface area contributed by atoms with Crippen molar-refractivity contribution < 1.29 is 9.59 Å². The number of urea groups is 2. The number of carbonyl (C=O) groups excluding carboxylic acids is 2. The molecular weight excluding hydrogens is 446 g/mol. The number of para-hydroxylation sites is 2. The van der Waals surface area contributed by atoms with Crippen molar-refractivity contribution in [2.45, 2.75) is 19.9 Å². The van der Waals surface area contributed by atoms with Crippen LogP contribution in [0.3, 0.4) is 0 Å². The lowest BCUT2D eigenvalue weighted by Crippen LogP contribution is -2.48. The smallest absolute Gasteiger partial charge is 0.307 e. The molecule has 0 aromatic heterocycles. The Balaban J connectivity index is 1.77. The standard InChI is InChI=1S/C31H29N3O2/c1-24(2)33(23-29(25-15-7-3-8-16-25)26-17-9-4-10-18-26)31(36)34(28-21-13-6-14-22-28)30(35)32-27-19-11-5-12-20-27/h3-24H,1-2H3,(H,32,35). The van der Waals surface area contributed by atoms with Gasteiger partial charge in [0.05, 0.1) is 5.69 Å². The van der Waals surface area contributed by atoms with Gasteiger partial charge in [-0.1, -0.05) is 97.1 Å². The first kappa shape index (κ1) is 24.5. The zero-order chi connectivity index (χ0) is 25.3. The molecule has 0 bridgehead atoms. The Hall–Kier alpha value is -4.64. The van der Waals surface area contributed by atoms with Crippen molar-refractivity contribution in [3.05, 3.63) is 139 Å². The van der Waals surface area contributed by atoms with E-state index in [9.17, 15) is 9.59 Å². The minimum absolute atomic E-state index is 0.212. The molecule has 0 fully saturated rings. The minimum Gasteiger partial charge on any atom is -0.307 e. The predicted molar refractivity (Wildman–Crippen MR) is 147 cm³/mol. The summed E-state index contributed by atoms with van der Waals surface area (Å²) in [6.07, 6.45) is 1.84. The molecule has 180 valence electrons. The van der Waals surface area contributed by atoms with E-state index in [4.69, 9.17) is 0 Å². The summed E-state index contributed by atoms with van der Waals surface area (Å²) in [7, 11) is 0. The fourth-order valence-corrected chi connectivity index (χ4v) is 3.82. The van der Waals surface area contributed by atoms with E-state index < -0.39 is 12.1 Å². The van der Waals surface area contributed by atoms with Gasteiger partial charge in [-0.15, -0.1) is 0 Å². The Morgan fingerprint density at radius 3 is 1.58 bits per heavy atom. The van der Waals surface area contributed by atoms with Crippen LogP contribution in [0.25, 0.3) is 5.57 Å². The number of rotatable bonds is 6. The van der Waals surface area contributed by atoms with Crippen molar-refractivity contribution in [3.8, 4) is 0 Å². The first-order valence-electron chi connectivity index (χ1n) is 11.9. The Morgan fingerprint density at radius 1 is 0.667 bits per heavy atom. The number of nitrogens with zero attached hydrogens (tertiary/aromatic N) is 2. The van der Waals surface area contributed by atoms with Crippen LogP contribution in [0.5, 0.6) is 0 Å². The molecule has 0 radical (unpaired) electrons. The lowest BCUT2D eigenvalue weighted by Gasteiger charge is -2.31. The van der Waals surface area contributed by atoms with E-state index in [1.807, 2.05) is 105 Å². The number of nitrogens with one attached hydrogen (secondary N) is 1.